The van der Waals surface area contributed by atoms with Crippen LogP contribution in [-0.4, -0.2) is 57.4 Å². The monoisotopic (exact) mass is 615 g/mol. The van der Waals surface area contributed by atoms with Crippen molar-refractivity contribution in [1.82, 2.24) is 10.2 Å². The van der Waals surface area contributed by atoms with Gasteiger partial charge in [0.15, 0.2) is 0 Å². The van der Waals surface area contributed by atoms with Crippen LogP contribution in [0.3, 0.4) is 0 Å². The number of nitrogens with one attached hydrogen (secondary N) is 1. The molecule has 0 fully saturated rings. The molecular weight excluding hydrogens is 582 g/mol. The van der Waals surface area contributed by atoms with Gasteiger partial charge in [0.2, 0.25) is 11.8 Å². The molecule has 3 aromatic rings. The van der Waals surface area contributed by atoms with Gasteiger partial charge in [0.05, 0.1) is 17.2 Å². The molecule has 0 aliphatic heterocycles. The van der Waals surface area contributed by atoms with E-state index in [9.17, 15) is 18.0 Å². The Morgan fingerprint density at radius 2 is 1.59 bits per heavy atom. The van der Waals surface area contributed by atoms with Crippen LogP contribution in [0.1, 0.15) is 26.3 Å². The van der Waals surface area contributed by atoms with Gasteiger partial charge in [-0.05, 0) is 81.3 Å². The lowest BCUT2D eigenvalue weighted by atomic mass is 10.1. The number of carbonyl (C=O) groups excluding carboxylic acids is 2. The van der Waals surface area contributed by atoms with Gasteiger partial charge in [-0.25, -0.2) is 8.42 Å². The van der Waals surface area contributed by atoms with Gasteiger partial charge >= 0.3 is 0 Å². The van der Waals surface area contributed by atoms with E-state index in [2.05, 4.69) is 21.2 Å². The minimum Gasteiger partial charge on any atom is -0.494 e. The molecule has 0 aliphatic carbocycles. The first-order valence-electron chi connectivity index (χ1n) is 12.8. The maximum absolute atomic E-state index is 13.8. The average Bonchev–Trinajstić information content (AvgIpc) is 2.93. The van der Waals surface area contributed by atoms with Crippen LogP contribution in [0.5, 0.6) is 5.75 Å². The fourth-order valence-electron chi connectivity index (χ4n) is 4.03. The molecular formula is C29H34BrN3O5S. The predicted octanol–water partition coefficient (Wildman–Crippen LogP) is 4.64. The SMILES string of the molecule is CCNC(=O)C(C)N(CCc1ccccc1)C(=O)CN(c1ccc(OCC)cc1)S(=O)(=O)c1ccc(Br)cc1. The first-order chi connectivity index (χ1) is 18.7. The second-order valence-corrected chi connectivity index (χ2v) is 11.6. The highest BCUT2D eigenvalue weighted by Gasteiger charge is 2.32. The average molecular weight is 617 g/mol. The first-order valence-corrected chi connectivity index (χ1v) is 15.0. The summed E-state index contributed by atoms with van der Waals surface area (Å²) in [6.45, 7) is 5.96. The molecule has 208 valence electrons. The number of halogens is 1. The molecule has 3 rings (SSSR count). The lowest BCUT2D eigenvalue weighted by molar-refractivity contribution is -0.138. The zero-order valence-electron chi connectivity index (χ0n) is 22.3. The molecule has 0 aromatic heterocycles. The number of likely N-dealkylation sites (N-methyl/N-ethyl adjacent to an activating group) is 1. The second kappa shape index (κ2) is 14.1. The summed E-state index contributed by atoms with van der Waals surface area (Å²) < 4.78 is 35.0. The van der Waals surface area contributed by atoms with Gasteiger partial charge in [-0.1, -0.05) is 46.3 Å². The molecule has 0 saturated carbocycles. The summed E-state index contributed by atoms with van der Waals surface area (Å²) in [5.41, 5.74) is 1.31. The summed E-state index contributed by atoms with van der Waals surface area (Å²) in [7, 11) is -4.12. The number of rotatable bonds is 13. The van der Waals surface area contributed by atoms with Crippen molar-refractivity contribution >= 4 is 43.5 Å². The standard InChI is InChI=1S/C29H34BrN3O5S/c1-4-31-29(35)22(3)32(20-19-23-9-7-6-8-10-23)28(34)21-33(25-13-15-26(16-14-25)38-5-2)39(36,37)27-17-11-24(30)12-18-27/h6-18,22H,4-5,19-21H2,1-3H3,(H,31,35). The molecule has 3 aromatic carbocycles. The number of sulfonamides is 1. The highest BCUT2D eigenvalue weighted by Crippen LogP contribution is 2.27. The number of nitrogens with zero attached hydrogens (tertiary/aromatic N) is 2. The number of ether oxygens (including phenoxy) is 1. The van der Waals surface area contributed by atoms with Crippen LogP contribution in [-0.2, 0) is 26.0 Å². The first kappa shape index (κ1) is 30.2. The van der Waals surface area contributed by atoms with Crippen molar-refractivity contribution in [2.45, 2.75) is 38.1 Å². The van der Waals surface area contributed by atoms with E-state index in [1.54, 1.807) is 50.2 Å². The minimum atomic E-state index is -4.12. The Hall–Kier alpha value is -3.37. The van der Waals surface area contributed by atoms with Gasteiger partial charge in [0.25, 0.3) is 10.0 Å². The van der Waals surface area contributed by atoms with Crippen LogP contribution in [0, 0.1) is 0 Å². The van der Waals surface area contributed by atoms with Crippen LogP contribution in [0.15, 0.2) is 88.2 Å². The highest BCUT2D eigenvalue weighted by atomic mass is 79.9. The largest absolute Gasteiger partial charge is 0.494 e. The Bertz CT molecular complexity index is 1330. The van der Waals surface area contributed by atoms with E-state index in [0.29, 0.717) is 31.0 Å². The maximum atomic E-state index is 13.8. The minimum absolute atomic E-state index is 0.0417. The third kappa shape index (κ3) is 8.06. The third-order valence-electron chi connectivity index (χ3n) is 6.12. The van der Waals surface area contributed by atoms with E-state index in [1.807, 2.05) is 37.3 Å². The fourth-order valence-corrected chi connectivity index (χ4v) is 5.71. The van der Waals surface area contributed by atoms with Gasteiger partial charge in [0, 0.05) is 17.6 Å². The number of carbonyl (C=O) groups is 2. The van der Waals surface area contributed by atoms with Crippen molar-refractivity contribution < 1.29 is 22.7 Å². The number of hydrogen-bond donors (Lipinski definition) is 1. The van der Waals surface area contributed by atoms with Gasteiger partial charge in [-0.3, -0.25) is 13.9 Å². The van der Waals surface area contributed by atoms with Crippen LogP contribution in [0.4, 0.5) is 5.69 Å². The van der Waals surface area contributed by atoms with Crippen molar-refractivity contribution in [3.05, 3.63) is 88.9 Å². The summed E-state index contributed by atoms with van der Waals surface area (Å²) in [5.74, 6) is -0.204. The number of hydrogen-bond acceptors (Lipinski definition) is 5. The molecule has 1 unspecified atom stereocenters. The Labute approximate surface area is 239 Å². The van der Waals surface area contributed by atoms with Gasteiger partial charge in [-0.15, -0.1) is 0 Å². The molecule has 0 aliphatic rings. The molecule has 0 bridgehead atoms. The summed E-state index contributed by atoms with van der Waals surface area (Å²) in [6.07, 6.45) is 0.513. The maximum Gasteiger partial charge on any atom is 0.264 e. The molecule has 0 spiro atoms. The Kier molecular flexibility index (Phi) is 10.9. The number of benzene rings is 3. The van der Waals surface area contributed by atoms with Gasteiger partial charge in [-0.2, -0.15) is 0 Å². The lowest BCUT2D eigenvalue weighted by Crippen LogP contribution is -2.52. The fraction of sp³-hybridized carbons (Fsp3) is 0.310. The van der Waals surface area contributed by atoms with E-state index in [1.165, 1.54) is 17.0 Å². The highest BCUT2D eigenvalue weighted by molar-refractivity contribution is 9.10. The van der Waals surface area contributed by atoms with E-state index >= 15 is 0 Å². The predicted molar refractivity (Wildman–Crippen MR) is 156 cm³/mol. The lowest BCUT2D eigenvalue weighted by Gasteiger charge is -2.32. The zero-order valence-corrected chi connectivity index (χ0v) is 24.7. The smallest absolute Gasteiger partial charge is 0.264 e. The summed E-state index contributed by atoms with van der Waals surface area (Å²) >= 11 is 3.33. The summed E-state index contributed by atoms with van der Waals surface area (Å²) in [4.78, 5) is 28.0. The van der Waals surface area contributed by atoms with Crippen LogP contribution >= 0.6 is 15.9 Å². The molecule has 0 radical (unpaired) electrons. The molecule has 0 saturated heterocycles. The van der Waals surface area contributed by atoms with Crippen molar-refractivity contribution in [1.29, 1.82) is 0 Å². The molecule has 39 heavy (non-hydrogen) atoms. The van der Waals surface area contributed by atoms with E-state index < -0.39 is 28.5 Å². The molecule has 2 amide bonds. The Balaban J connectivity index is 1.97. The molecule has 1 N–H and O–H groups in total. The van der Waals surface area contributed by atoms with Crippen molar-refractivity contribution in [2.75, 3.05) is 30.5 Å². The Morgan fingerprint density at radius 1 is 0.949 bits per heavy atom. The van der Waals surface area contributed by atoms with E-state index in [-0.39, 0.29) is 17.3 Å². The van der Waals surface area contributed by atoms with Crippen molar-refractivity contribution in [2.24, 2.45) is 0 Å². The van der Waals surface area contributed by atoms with Crippen LogP contribution in [0.2, 0.25) is 0 Å². The molecule has 10 heteroatoms. The molecule has 0 heterocycles. The Morgan fingerprint density at radius 3 is 2.18 bits per heavy atom. The van der Waals surface area contributed by atoms with Crippen LogP contribution in [0.25, 0.3) is 0 Å². The van der Waals surface area contributed by atoms with Crippen molar-refractivity contribution in [3.63, 3.8) is 0 Å². The summed E-state index contributed by atoms with van der Waals surface area (Å²) in [5, 5.41) is 2.76. The molecule has 8 nitrogen and oxygen atoms in total. The third-order valence-corrected chi connectivity index (χ3v) is 8.44. The van der Waals surface area contributed by atoms with Crippen molar-refractivity contribution in [3.8, 4) is 5.75 Å². The van der Waals surface area contributed by atoms with Gasteiger partial charge in [0.1, 0.15) is 18.3 Å². The van der Waals surface area contributed by atoms with Crippen LogP contribution < -0.4 is 14.4 Å². The van der Waals surface area contributed by atoms with E-state index in [0.717, 1.165) is 14.3 Å². The normalized spacial score (nSPS) is 11.9. The number of anilines is 1. The zero-order chi connectivity index (χ0) is 28.4. The quantitative estimate of drug-likeness (QED) is 0.302. The van der Waals surface area contributed by atoms with Gasteiger partial charge < -0.3 is 15.0 Å². The number of amides is 2. The topological polar surface area (TPSA) is 96.0 Å². The second-order valence-electron chi connectivity index (χ2n) is 8.79. The van der Waals surface area contributed by atoms with E-state index in [4.69, 9.17) is 4.74 Å². The molecule has 1 atom stereocenters. The summed E-state index contributed by atoms with van der Waals surface area (Å²) in [6, 6.07) is 21.6.